The van der Waals surface area contributed by atoms with Crippen LogP contribution < -0.4 is 4.74 Å². The molecule has 0 aliphatic heterocycles. The highest BCUT2D eigenvalue weighted by molar-refractivity contribution is 5.42. The van der Waals surface area contributed by atoms with Gasteiger partial charge in [0.1, 0.15) is 5.75 Å². The van der Waals surface area contributed by atoms with Crippen molar-refractivity contribution in [1.82, 2.24) is 0 Å². The van der Waals surface area contributed by atoms with Gasteiger partial charge in [0.05, 0.1) is 7.11 Å². The number of aliphatic hydroxyl groups excluding tert-OH is 1. The molecular weight excluding hydrogens is 212 g/mol. The Morgan fingerprint density at radius 1 is 1.24 bits per heavy atom. The van der Waals surface area contributed by atoms with Crippen molar-refractivity contribution in [2.24, 2.45) is 5.41 Å². The third-order valence-electron chi connectivity index (χ3n) is 4.17. The molecule has 2 heteroatoms. The second-order valence-electron chi connectivity index (χ2n) is 5.44. The van der Waals surface area contributed by atoms with E-state index in [1.165, 1.54) is 23.1 Å². The first kappa shape index (κ1) is 12.4. The average molecular weight is 234 g/mol. The fraction of sp³-hybridized carbons (Fsp3) is 0.600. The molecule has 0 spiro atoms. The Balaban J connectivity index is 2.24. The molecule has 1 saturated carbocycles. The molecule has 17 heavy (non-hydrogen) atoms. The summed E-state index contributed by atoms with van der Waals surface area (Å²) in [5.74, 6) is 0.956. The predicted octanol–water partition coefficient (Wildman–Crippen LogP) is 3.02. The molecule has 2 nitrogen and oxygen atoms in total. The maximum Gasteiger partial charge on any atom is 0.122 e. The van der Waals surface area contributed by atoms with Crippen molar-refractivity contribution >= 4 is 0 Å². The molecule has 0 radical (unpaired) electrons. The first-order valence-electron chi connectivity index (χ1n) is 6.35. The van der Waals surface area contributed by atoms with Gasteiger partial charge in [-0.25, -0.2) is 0 Å². The largest absolute Gasteiger partial charge is 0.496 e. The van der Waals surface area contributed by atoms with Crippen LogP contribution in [-0.4, -0.2) is 18.8 Å². The van der Waals surface area contributed by atoms with E-state index in [-0.39, 0.29) is 5.41 Å². The van der Waals surface area contributed by atoms with Crippen molar-refractivity contribution in [3.63, 3.8) is 0 Å². The second-order valence-corrected chi connectivity index (χ2v) is 5.44. The first-order valence-corrected chi connectivity index (χ1v) is 6.35. The molecule has 0 saturated heterocycles. The molecule has 1 aliphatic carbocycles. The molecule has 1 aliphatic rings. The van der Waals surface area contributed by atoms with E-state index in [9.17, 15) is 5.11 Å². The Morgan fingerprint density at radius 3 is 2.41 bits per heavy atom. The van der Waals surface area contributed by atoms with Crippen LogP contribution in [0.5, 0.6) is 5.75 Å². The van der Waals surface area contributed by atoms with E-state index in [1.807, 2.05) is 0 Å². The van der Waals surface area contributed by atoms with E-state index in [4.69, 9.17) is 4.74 Å². The van der Waals surface area contributed by atoms with Crippen molar-refractivity contribution in [1.29, 1.82) is 0 Å². The van der Waals surface area contributed by atoms with Crippen molar-refractivity contribution < 1.29 is 9.84 Å². The molecule has 1 aromatic carbocycles. The van der Waals surface area contributed by atoms with E-state index in [2.05, 4.69) is 26.0 Å². The number of ether oxygens (including phenoxy) is 1. The molecule has 1 fully saturated rings. The lowest BCUT2D eigenvalue weighted by atomic mass is 9.65. The molecule has 1 aromatic rings. The summed E-state index contributed by atoms with van der Waals surface area (Å²) in [7, 11) is 1.71. The number of benzene rings is 1. The molecule has 94 valence electrons. The summed E-state index contributed by atoms with van der Waals surface area (Å²) in [6.45, 7) is 4.52. The van der Waals surface area contributed by atoms with Crippen LogP contribution in [0.15, 0.2) is 12.1 Å². The van der Waals surface area contributed by atoms with Crippen LogP contribution in [0.3, 0.4) is 0 Å². The van der Waals surface area contributed by atoms with Crippen LogP contribution >= 0.6 is 0 Å². The third kappa shape index (κ3) is 2.32. The normalized spacial score (nSPS) is 17.6. The summed E-state index contributed by atoms with van der Waals surface area (Å²) in [6, 6.07) is 4.32. The molecule has 0 heterocycles. The van der Waals surface area contributed by atoms with Gasteiger partial charge in [0.15, 0.2) is 0 Å². The minimum absolute atomic E-state index is 0.159. The van der Waals surface area contributed by atoms with Gasteiger partial charge in [-0.2, -0.15) is 0 Å². The zero-order valence-electron chi connectivity index (χ0n) is 11.0. The van der Waals surface area contributed by atoms with Crippen LogP contribution in [-0.2, 0) is 6.42 Å². The molecule has 1 N–H and O–H groups in total. The molecule has 0 bridgehead atoms. The summed E-state index contributed by atoms with van der Waals surface area (Å²) >= 11 is 0. The Labute approximate surface area is 104 Å². The zero-order chi connectivity index (χ0) is 12.5. The van der Waals surface area contributed by atoms with Crippen LogP contribution in [0.2, 0.25) is 0 Å². The average Bonchev–Trinajstić information content (AvgIpc) is 2.27. The molecule has 0 unspecified atom stereocenters. The predicted molar refractivity (Wildman–Crippen MR) is 69.5 cm³/mol. The number of hydrogen-bond donors (Lipinski definition) is 1. The number of hydrogen-bond acceptors (Lipinski definition) is 2. The van der Waals surface area contributed by atoms with Crippen LogP contribution in [0, 0.1) is 19.3 Å². The highest BCUT2D eigenvalue weighted by Crippen LogP contribution is 2.44. The lowest BCUT2D eigenvalue weighted by molar-refractivity contribution is 0.0449. The second kappa shape index (κ2) is 4.69. The maximum atomic E-state index is 9.53. The molecule has 0 amide bonds. The van der Waals surface area contributed by atoms with Gasteiger partial charge >= 0.3 is 0 Å². The quantitative estimate of drug-likeness (QED) is 0.867. The van der Waals surface area contributed by atoms with Gasteiger partial charge in [-0.05, 0) is 61.3 Å². The highest BCUT2D eigenvalue weighted by atomic mass is 16.5. The number of rotatable bonds is 4. The standard InChI is InChI=1S/C15H22O2/c1-11-8-14(17-3)12(2)7-13(11)9-15(10-16)5-4-6-15/h7-8,16H,4-6,9-10H2,1-3H3. The Bertz CT molecular complexity index is 400. The summed E-state index contributed by atoms with van der Waals surface area (Å²) in [5.41, 5.74) is 3.97. The Hall–Kier alpha value is -1.02. The lowest BCUT2D eigenvalue weighted by Gasteiger charge is -2.41. The number of aliphatic hydroxyl groups is 1. The van der Waals surface area contributed by atoms with Gasteiger partial charge in [-0.3, -0.25) is 0 Å². The fourth-order valence-electron chi connectivity index (χ4n) is 2.73. The number of methoxy groups -OCH3 is 1. The van der Waals surface area contributed by atoms with E-state index >= 15 is 0 Å². The Kier molecular flexibility index (Phi) is 3.43. The topological polar surface area (TPSA) is 29.5 Å². The van der Waals surface area contributed by atoms with E-state index in [0.717, 1.165) is 25.0 Å². The minimum Gasteiger partial charge on any atom is -0.496 e. The number of aryl methyl sites for hydroxylation is 2. The van der Waals surface area contributed by atoms with Crippen molar-refractivity contribution in [3.8, 4) is 5.75 Å². The summed E-state index contributed by atoms with van der Waals surface area (Å²) in [5, 5.41) is 9.53. The van der Waals surface area contributed by atoms with Gasteiger partial charge in [0.25, 0.3) is 0 Å². The SMILES string of the molecule is COc1cc(C)c(CC2(CO)CCC2)cc1C. The maximum absolute atomic E-state index is 9.53. The Morgan fingerprint density at radius 2 is 1.94 bits per heavy atom. The van der Waals surface area contributed by atoms with Crippen molar-refractivity contribution in [2.45, 2.75) is 39.5 Å². The van der Waals surface area contributed by atoms with Crippen LogP contribution in [0.4, 0.5) is 0 Å². The molecule has 2 rings (SSSR count). The highest BCUT2D eigenvalue weighted by Gasteiger charge is 2.36. The fourth-order valence-corrected chi connectivity index (χ4v) is 2.73. The monoisotopic (exact) mass is 234 g/mol. The summed E-state index contributed by atoms with van der Waals surface area (Å²) in [6.07, 6.45) is 4.58. The minimum atomic E-state index is 0.159. The van der Waals surface area contributed by atoms with Crippen LogP contribution in [0.1, 0.15) is 36.0 Å². The van der Waals surface area contributed by atoms with Gasteiger partial charge in [0.2, 0.25) is 0 Å². The van der Waals surface area contributed by atoms with E-state index in [1.54, 1.807) is 7.11 Å². The van der Waals surface area contributed by atoms with Gasteiger partial charge < -0.3 is 9.84 Å². The van der Waals surface area contributed by atoms with E-state index < -0.39 is 0 Å². The molecule has 0 atom stereocenters. The molecular formula is C15H22O2. The van der Waals surface area contributed by atoms with Gasteiger partial charge in [-0.1, -0.05) is 12.5 Å². The van der Waals surface area contributed by atoms with Crippen molar-refractivity contribution in [3.05, 3.63) is 28.8 Å². The first-order chi connectivity index (χ1) is 8.10. The van der Waals surface area contributed by atoms with Gasteiger partial charge in [0, 0.05) is 6.61 Å². The lowest BCUT2D eigenvalue weighted by Crippen LogP contribution is -2.35. The van der Waals surface area contributed by atoms with E-state index in [0.29, 0.717) is 6.61 Å². The zero-order valence-corrected chi connectivity index (χ0v) is 11.0. The summed E-state index contributed by atoms with van der Waals surface area (Å²) < 4.78 is 5.33. The van der Waals surface area contributed by atoms with Crippen LogP contribution in [0.25, 0.3) is 0 Å². The van der Waals surface area contributed by atoms with Crippen molar-refractivity contribution in [2.75, 3.05) is 13.7 Å². The van der Waals surface area contributed by atoms with Gasteiger partial charge in [-0.15, -0.1) is 0 Å². The smallest absolute Gasteiger partial charge is 0.122 e. The summed E-state index contributed by atoms with van der Waals surface area (Å²) in [4.78, 5) is 0. The third-order valence-corrected chi connectivity index (χ3v) is 4.17. The molecule has 0 aromatic heterocycles.